The van der Waals surface area contributed by atoms with E-state index >= 15 is 0 Å². The van der Waals surface area contributed by atoms with Crippen LogP contribution in [0.2, 0.25) is 4.44 Å². The molecule has 0 atom stereocenters. The number of hydrogen-bond donors (Lipinski definition) is 0. The molecule has 0 spiro atoms. The summed E-state index contributed by atoms with van der Waals surface area (Å²) in [6.07, 6.45) is 2.05. The Kier molecular flexibility index (Phi) is 5.51. The number of allylic oxidation sites excluding steroid dienone is 1. The van der Waals surface area contributed by atoms with Crippen molar-refractivity contribution in [2.24, 2.45) is 0 Å². The molecular weight excluding hydrogens is 269 g/mol. The fourth-order valence-electron chi connectivity index (χ4n) is 1.94. The summed E-state index contributed by atoms with van der Waals surface area (Å²) in [6.45, 7) is 3.87. The van der Waals surface area contributed by atoms with Crippen LogP contribution in [0.15, 0.2) is 12.7 Å². The third-order valence-corrected chi connectivity index (χ3v) is 17.2. The summed E-state index contributed by atoms with van der Waals surface area (Å²) in [6, 6.07) is 0. The summed E-state index contributed by atoms with van der Waals surface area (Å²) >= 11 is -2.45. The van der Waals surface area contributed by atoms with E-state index in [-0.39, 0.29) is 0 Å². The second-order valence-electron chi connectivity index (χ2n) is 3.95. The third-order valence-electron chi connectivity index (χ3n) is 2.57. The Morgan fingerprint density at radius 2 is 1.23 bits per heavy atom. The van der Waals surface area contributed by atoms with Crippen LogP contribution in [0.5, 0.6) is 0 Å². The summed E-state index contributed by atoms with van der Waals surface area (Å²) in [5.41, 5.74) is 0. The van der Waals surface area contributed by atoms with Gasteiger partial charge in [-0.05, 0) is 0 Å². The second-order valence-corrected chi connectivity index (χ2v) is 17.2. The average molecular weight is 292 g/mol. The summed E-state index contributed by atoms with van der Waals surface area (Å²) < 4.78 is 8.37. The van der Waals surface area contributed by atoms with E-state index in [2.05, 4.69) is 64.3 Å². The fraction of sp³-hybridized carbons (Fsp3) is 0.778. The molecule has 0 N–H and O–H groups in total. The molecule has 0 aromatic heterocycles. The van der Waals surface area contributed by atoms with Gasteiger partial charge in [-0.25, -0.2) is 0 Å². The Balaban J connectivity index is 4.92. The molecule has 0 radical (unpaired) electrons. The van der Waals surface area contributed by atoms with E-state index in [1.807, 2.05) is 0 Å². The molecule has 0 saturated heterocycles. The molecule has 0 amide bonds. The van der Waals surface area contributed by atoms with Crippen molar-refractivity contribution in [1.29, 1.82) is 0 Å². The maximum atomic E-state index is 3.87. The zero-order valence-corrected chi connectivity index (χ0v) is 12.7. The van der Waals surface area contributed by atoms with Crippen LogP contribution >= 0.6 is 0 Å². The van der Waals surface area contributed by atoms with Gasteiger partial charge in [-0.1, -0.05) is 0 Å². The first kappa shape index (κ1) is 13.4. The SMILES string of the molecule is C=C[CH2][Sn]([N](C)C)([N](C)C)[N](C)C. The zero-order valence-electron chi connectivity index (χ0n) is 9.83. The normalized spacial score (nSPS) is 13.0. The van der Waals surface area contributed by atoms with Crippen LogP contribution in [-0.2, 0) is 0 Å². The van der Waals surface area contributed by atoms with Crippen molar-refractivity contribution in [2.45, 2.75) is 4.44 Å². The molecule has 0 aliphatic carbocycles. The topological polar surface area (TPSA) is 9.72 Å². The summed E-state index contributed by atoms with van der Waals surface area (Å²) in [5.74, 6) is 0. The molecule has 0 rings (SSSR count). The molecule has 0 aliphatic heterocycles. The van der Waals surface area contributed by atoms with Gasteiger partial charge in [-0.15, -0.1) is 0 Å². The van der Waals surface area contributed by atoms with Gasteiger partial charge in [0, 0.05) is 0 Å². The predicted molar refractivity (Wildman–Crippen MR) is 61.8 cm³/mol. The molecule has 0 bridgehead atoms. The number of hydrogen-bond acceptors (Lipinski definition) is 3. The molecule has 0 heterocycles. The molecule has 0 saturated carbocycles. The first-order valence-corrected chi connectivity index (χ1v) is 10.4. The van der Waals surface area contributed by atoms with Crippen LogP contribution in [0.25, 0.3) is 0 Å². The summed E-state index contributed by atoms with van der Waals surface area (Å²) in [5, 5.41) is 0. The molecule has 78 valence electrons. The minimum atomic E-state index is -2.45. The van der Waals surface area contributed by atoms with Gasteiger partial charge >= 0.3 is 87.9 Å². The van der Waals surface area contributed by atoms with Crippen molar-refractivity contribution in [1.82, 2.24) is 9.36 Å². The Bertz CT molecular complexity index is 144. The Hall–Kier alpha value is 0.419. The Morgan fingerprint density at radius 1 is 0.923 bits per heavy atom. The first-order valence-electron chi connectivity index (χ1n) is 4.52. The monoisotopic (exact) mass is 293 g/mol. The summed E-state index contributed by atoms with van der Waals surface area (Å²) in [7, 11) is 13.1. The molecule has 3 nitrogen and oxygen atoms in total. The summed E-state index contributed by atoms with van der Waals surface area (Å²) in [4.78, 5) is 0. The van der Waals surface area contributed by atoms with Crippen LogP contribution < -0.4 is 0 Å². The van der Waals surface area contributed by atoms with Gasteiger partial charge in [0.2, 0.25) is 0 Å². The van der Waals surface area contributed by atoms with Crippen LogP contribution in [0.1, 0.15) is 0 Å². The van der Waals surface area contributed by atoms with Crippen molar-refractivity contribution in [3.8, 4) is 0 Å². The average Bonchev–Trinajstić information content (AvgIpc) is 1.97. The molecule has 0 aromatic rings. The van der Waals surface area contributed by atoms with Crippen LogP contribution in [0, 0.1) is 0 Å². The minimum absolute atomic E-state index is 1.13. The van der Waals surface area contributed by atoms with E-state index < -0.39 is 19.2 Å². The maximum absolute atomic E-state index is 3.87. The van der Waals surface area contributed by atoms with E-state index in [4.69, 9.17) is 0 Å². The van der Waals surface area contributed by atoms with E-state index in [0.717, 1.165) is 4.44 Å². The second kappa shape index (κ2) is 5.34. The van der Waals surface area contributed by atoms with Crippen molar-refractivity contribution in [2.75, 3.05) is 42.3 Å². The van der Waals surface area contributed by atoms with Gasteiger partial charge in [0.1, 0.15) is 0 Å². The van der Waals surface area contributed by atoms with Gasteiger partial charge in [0.15, 0.2) is 0 Å². The van der Waals surface area contributed by atoms with Crippen molar-refractivity contribution in [3.05, 3.63) is 12.7 Å². The molecule has 13 heavy (non-hydrogen) atoms. The van der Waals surface area contributed by atoms with Gasteiger partial charge in [-0.3, -0.25) is 0 Å². The third kappa shape index (κ3) is 2.68. The van der Waals surface area contributed by atoms with Crippen molar-refractivity contribution in [3.63, 3.8) is 0 Å². The van der Waals surface area contributed by atoms with E-state index in [9.17, 15) is 0 Å². The van der Waals surface area contributed by atoms with E-state index in [1.165, 1.54) is 0 Å². The van der Waals surface area contributed by atoms with Crippen LogP contribution in [0.4, 0.5) is 0 Å². The predicted octanol–water partition coefficient (Wildman–Crippen LogP) is 0.796. The van der Waals surface area contributed by atoms with Crippen LogP contribution in [0.3, 0.4) is 0 Å². The quantitative estimate of drug-likeness (QED) is 0.548. The molecule has 0 aromatic carbocycles. The van der Waals surface area contributed by atoms with E-state index in [0.29, 0.717) is 0 Å². The molecule has 0 aliphatic rings. The fourth-order valence-corrected chi connectivity index (χ4v) is 13.0. The number of nitrogens with zero attached hydrogens (tertiary/aromatic N) is 3. The van der Waals surface area contributed by atoms with Crippen molar-refractivity contribution >= 4 is 19.2 Å². The van der Waals surface area contributed by atoms with Crippen LogP contribution in [-0.4, -0.2) is 70.8 Å². The molecule has 0 fully saturated rings. The van der Waals surface area contributed by atoms with E-state index in [1.54, 1.807) is 0 Å². The molecule has 0 unspecified atom stereocenters. The zero-order chi connectivity index (χ0) is 10.6. The van der Waals surface area contributed by atoms with Gasteiger partial charge in [-0.2, -0.15) is 0 Å². The standard InChI is InChI=1S/C3H5.3C2H6N.Sn/c4*1-3-2;/h3H,1-2H2;3*1-2H3;/q;3*-1;+3. The number of rotatable bonds is 5. The molecule has 4 heteroatoms. The Morgan fingerprint density at radius 3 is 1.31 bits per heavy atom. The Labute approximate surface area is 87.9 Å². The first-order chi connectivity index (χ1) is 5.89. The van der Waals surface area contributed by atoms with Gasteiger partial charge in [0.25, 0.3) is 0 Å². The van der Waals surface area contributed by atoms with Crippen molar-refractivity contribution < 1.29 is 0 Å². The molecular formula is C9H23N3Sn. The van der Waals surface area contributed by atoms with Gasteiger partial charge in [0.05, 0.1) is 0 Å². The van der Waals surface area contributed by atoms with Gasteiger partial charge < -0.3 is 0 Å².